The number of nitrogens with zero attached hydrogens (tertiary/aromatic N) is 1. The van der Waals surface area contributed by atoms with Crippen molar-refractivity contribution in [1.29, 1.82) is 5.26 Å². The van der Waals surface area contributed by atoms with Crippen LogP contribution < -0.4 is 5.32 Å². The van der Waals surface area contributed by atoms with Gasteiger partial charge in [-0.2, -0.15) is 18.4 Å². The molecule has 0 fully saturated rings. The number of rotatable bonds is 7. The summed E-state index contributed by atoms with van der Waals surface area (Å²) in [7, 11) is 0. The minimum Gasteiger partial charge on any atom is -0.387 e. The van der Waals surface area contributed by atoms with E-state index in [1.807, 2.05) is 6.07 Å². The van der Waals surface area contributed by atoms with Crippen LogP contribution in [0.25, 0.3) is 0 Å². The van der Waals surface area contributed by atoms with Crippen LogP contribution in [0.1, 0.15) is 17.2 Å². The molecule has 1 rings (SSSR count). The molecule has 2 N–H and O–H groups in total. The number of ether oxygens (including phenoxy) is 1. The Morgan fingerprint density at radius 1 is 1.30 bits per heavy atom. The Bertz CT molecular complexity index is 440. The number of benzene rings is 1. The average Bonchev–Trinajstić information content (AvgIpc) is 2.41. The second kappa shape index (κ2) is 7.85. The predicted molar refractivity (Wildman–Crippen MR) is 65.9 cm³/mol. The topological polar surface area (TPSA) is 65.3 Å². The zero-order chi connectivity index (χ0) is 15.0. The molecule has 0 aromatic heterocycles. The van der Waals surface area contributed by atoms with Crippen molar-refractivity contribution in [2.75, 3.05) is 26.3 Å². The van der Waals surface area contributed by atoms with Gasteiger partial charge in [-0.05, 0) is 17.7 Å². The van der Waals surface area contributed by atoms with Crippen molar-refractivity contribution in [2.24, 2.45) is 0 Å². The number of hydrogen-bond acceptors (Lipinski definition) is 4. The maximum Gasteiger partial charge on any atom is 0.411 e. The van der Waals surface area contributed by atoms with Gasteiger partial charge in [0.2, 0.25) is 0 Å². The van der Waals surface area contributed by atoms with Crippen molar-refractivity contribution in [3.05, 3.63) is 35.4 Å². The number of aliphatic hydroxyl groups excluding tert-OH is 1. The molecule has 1 aromatic carbocycles. The van der Waals surface area contributed by atoms with Crippen LogP contribution in [0.2, 0.25) is 0 Å². The van der Waals surface area contributed by atoms with Crippen LogP contribution in [0, 0.1) is 11.3 Å². The highest BCUT2D eigenvalue weighted by molar-refractivity contribution is 5.32. The Kier molecular flexibility index (Phi) is 6.45. The molecule has 110 valence electrons. The van der Waals surface area contributed by atoms with Crippen LogP contribution in [0.4, 0.5) is 13.2 Å². The third-order valence-electron chi connectivity index (χ3n) is 2.45. The molecule has 0 saturated carbocycles. The van der Waals surface area contributed by atoms with E-state index in [1.54, 1.807) is 24.3 Å². The van der Waals surface area contributed by atoms with Gasteiger partial charge < -0.3 is 15.2 Å². The Balaban J connectivity index is 2.20. The van der Waals surface area contributed by atoms with E-state index in [4.69, 9.17) is 5.26 Å². The summed E-state index contributed by atoms with van der Waals surface area (Å²) in [5.41, 5.74) is 1.13. The summed E-state index contributed by atoms with van der Waals surface area (Å²) >= 11 is 0. The highest BCUT2D eigenvalue weighted by Crippen LogP contribution is 2.14. The van der Waals surface area contributed by atoms with Crippen LogP contribution in [0.3, 0.4) is 0 Å². The molecule has 20 heavy (non-hydrogen) atoms. The average molecular weight is 288 g/mol. The number of halogens is 3. The van der Waals surface area contributed by atoms with Gasteiger partial charge >= 0.3 is 6.18 Å². The monoisotopic (exact) mass is 288 g/mol. The minimum atomic E-state index is -4.32. The molecule has 0 aliphatic rings. The maximum atomic E-state index is 11.8. The number of hydrogen-bond donors (Lipinski definition) is 2. The molecule has 1 atom stereocenters. The molecule has 1 aromatic rings. The molecule has 4 nitrogen and oxygen atoms in total. The Morgan fingerprint density at radius 2 is 1.95 bits per heavy atom. The Labute approximate surface area is 114 Å². The maximum absolute atomic E-state index is 11.8. The van der Waals surface area contributed by atoms with Gasteiger partial charge in [-0.1, -0.05) is 12.1 Å². The highest BCUT2D eigenvalue weighted by atomic mass is 19.4. The van der Waals surface area contributed by atoms with Crippen molar-refractivity contribution >= 4 is 0 Å². The van der Waals surface area contributed by atoms with Crippen molar-refractivity contribution in [1.82, 2.24) is 5.32 Å². The van der Waals surface area contributed by atoms with E-state index in [1.165, 1.54) is 0 Å². The van der Waals surface area contributed by atoms with Crippen LogP contribution in [0.15, 0.2) is 24.3 Å². The predicted octanol–water partition coefficient (Wildman–Crippen LogP) is 1.76. The van der Waals surface area contributed by atoms with E-state index in [0.717, 1.165) is 0 Å². The van der Waals surface area contributed by atoms with E-state index in [-0.39, 0.29) is 19.7 Å². The first-order valence-corrected chi connectivity index (χ1v) is 5.96. The van der Waals surface area contributed by atoms with Crippen molar-refractivity contribution in [2.45, 2.75) is 12.3 Å². The van der Waals surface area contributed by atoms with E-state index in [2.05, 4.69) is 10.1 Å². The normalized spacial score (nSPS) is 12.9. The first kappa shape index (κ1) is 16.4. The summed E-state index contributed by atoms with van der Waals surface area (Å²) < 4.78 is 39.7. The van der Waals surface area contributed by atoms with E-state index < -0.39 is 18.9 Å². The zero-order valence-electron chi connectivity index (χ0n) is 10.7. The first-order valence-electron chi connectivity index (χ1n) is 5.96. The second-order valence-electron chi connectivity index (χ2n) is 4.12. The fourth-order valence-electron chi connectivity index (χ4n) is 1.47. The van der Waals surface area contributed by atoms with Crippen molar-refractivity contribution in [3.63, 3.8) is 0 Å². The molecule has 0 saturated heterocycles. The molecule has 0 aliphatic carbocycles. The van der Waals surface area contributed by atoms with Crippen LogP contribution in [-0.4, -0.2) is 37.6 Å². The lowest BCUT2D eigenvalue weighted by molar-refractivity contribution is -0.173. The summed E-state index contributed by atoms with van der Waals surface area (Å²) in [6.45, 7) is -0.947. The van der Waals surface area contributed by atoms with Gasteiger partial charge in [-0.25, -0.2) is 0 Å². The van der Waals surface area contributed by atoms with E-state index in [9.17, 15) is 18.3 Å². The summed E-state index contributed by atoms with van der Waals surface area (Å²) in [6, 6.07) is 8.40. The lowest BCUT2D eigenvalue weighted by Crippen LogP contribution is -2.27. The van der Waals surface area contributed by atoms with Crippen LogP contribution in [-0.2, 0) is 4.74 Å². The van der Waals surface area contributed by atoms with E-state index >= 15 is 0 Å². The van der Waals surface area contributed by atoms with Crippen LogP contribution in [0.5, 0.6) is 0 Å². The standard InChI is InChI=1S/C13H15F3N2O2/c14-13(15,16)9-20-6-5-18-8-12(19)11-3-1-10(7-17)2-4-11/h1-4,12,18-19H,5-6,8-9H2. The van der Waals surface area contributed by atoms with Gasteiger partial charge in [0.15, 0.2) is 0 Å². The molecular formula is C13H15F3N2O2. The third kappa shape index (κ3) is 6.52. The molecule has 0 aliphatic heterocycles. The molecule has 1 unspecified atom stereocenters. The Hall–Kier alpha value is -1.62. The van der Waals surface area contributed by atoms with Crippen LogP contribution >= 0.6 is 0 Å². The lowest BCUT2D eigenvalue weighted by Gasteiger charge is -2.13. The molecule has 0 heterocycles. The van der Waals surface area contributed by atoms with Gasteiger partial charge in [-0.15, -0.1) is 0 Å². The molecule has 7 heteroatoms. The number of nitrogens with one attached hydrogen (secondary N) is 1. The fraction of sp³-hybridized carbons (Fsp3) is 0.462. The molecule has 0 bridgehead atoms. The van der Waals surface area contributed by atoms with Gasteiger partial charge in [-0.3, -0.25) is 0 Å². The highest BCUT2D eigenvalue weighted by Gasteiger charge is 2.27. The third-order valence-corrected chi connectivity index (χ3v) is 2.45. The van der Waals surface area contributed by atoms with Gasteiger partial charge in [0.05, 0.1) is 24.3 Å². The summed E-state index contributed by atoms with van der Waals surface area (Å²) in [5, 5.41) is 21.2. The minimum absolute atomic E-state index is 0.0837. The molecule has 0 amide bonds. The number of aliphatic hydroxyl groups is 1. The molecule has 0 spiro atoms. The SMILES string of the molecule is N#Cc1ccc(C(O)CNCCOCC(F)(F)F)cc1. The summed E-state index contributed by atoms with van der Waals surface area (Å²) in [5.74, 6) is 0. The largest absolute Gasteiger partial charge is 0.411 e. The quantitative estimate of drug-likeness (QED) is 0.750. The molecule has 0 radical (unpaired) electrons. The van der Waals surface area contributed by atoms with Crippen molar-refractivity contribution < 1.29 is 23.0 Å². The second-order valence-corrected chi connectivity index (χ2v) is 4.12. The number of nitriles is 1. The summed E-state index contributed by atoms with van der Waals surface area (Å²) in [4.78, 5) is 0. The van der Waals surface area contributed by atoms with Crippen molar-refractivity contribution in [3.8, 4) is 6.07 Å². The first-order chi connectivity index (χ1) is 9.42. The summed E-state index contributed by atoms with van der Waals surface area (Å²) in [6.07, 6.45) is -5.10. The van der Waals surface area contributed by atoms with Gasteiger partial charge in [0.25, 0.3) is 0 Å². The number of alkyl halides is 3. The Morgan fingerprint density at radius 3 is 2.50 bits per heavy atom. The van der Waals surface area contributed by atoms with E-state index in [0.29, 0.717) is 11.1 Å². The lowest BCUT2D eigenvalue weighted by atomic mass is 10.1. The molecular weight excluding hydrogens is 273 g/mol. The smallest absolute Gasteiger partial charge is 0.387 e. The van der Waals surface area contributed by atoms with Gasteiger partial charge in [0.1, 0.15) is 6.61 Å². The zero-order valence-corrected chi connectivity index (χ0v) is 10.7. The fourth-order valence-corrected chi connectivity index (χ4v) is 1.47. The van der Waals surface area contributed by atoms with Gasteiger partial charge in [0, 0.05) is 13.1 Å².